The van der Waals surface area contributed by atoms with E-state index in [0.29, 0.717) is 18.2 Å². The lowest BCUT2D eigenvalue weighted by Gasteiger charge is -2.31. The Bertz CT molecular complexity index is 699. The number of ether oxygens (including phenoxy) is 1. The summed E-state index contributed by atoms with van der Waals surface area (Å²) in [6.45, 7) is 1.96. The molecule has 2 N–H and O–H groups in total. The first-order chi connectivity index (χ1) is 11.7. The summed E-state index contributed by atoms with van der Waals surface area (Å²) in [4.78, 5) is 18.7. The smallest absolute Gasteiger partial charge is 0.273 e. The summed E-state index contributed by atoms with van der Waals surface area (Å²) in [6, 6.07) is 8.17. The summed E-state index contributed by atoms with van der Waals surface area (Å²) >= 11 is 1.45. The van der Waals surface area contributed by atoms with Crippen molar-refractivity contribution in [1.82, 2.24) is 9.88 Å². The molecule has 0 spiro atoms. The normalized spacial score (nSPS) is 14.9. The molecule has 1 aliphatic rings. The van der Waals surface area contributed by atoms with Gasteiger partial charge in [-0.15, -0.1) is 23.7 Å². The van der Waals surface area contributed by atoms with Gasteiger partial charge in [0.25, 0.3) is 5.91 Å². The van der Waals surface area contributed by atoms with Gasteiger partial charge in [0.1, 0.15) is 16.5 Å². The van der Waals surface area contributed by atoms with Crippen molar-refractivity contribution in [2.75, 3.05) is 20.2 Å². The van der Waals surface area contributed by atoms with Crippen LogP contribution in [0.1, 0.15) is 33.9 Å². The third kappa shape index (κ3) is 4.71. The molecule has 1 amide bonds. The molecule has 1 aromatic carbocycles. The Hall–Kier alpha value is -1.63. The number of methoxy groups -OCH3 is 1. The zero-order valence-electron chi connectivity index (χ0n) is 14.3. The second-order valence-corrected chi connectivity index (χ2v) is 7.02. The highest BCUT2D eigenvalue weighted by Gasteiger charge is 2.25. The van der Waals surface area contributed by atoms with Crippen molar-refractivity contribution in [3.05, 3.63) is 45.9 Å². The highest BCUT2D eigenvalue weighted by Crippen LogP contribution is 2.27. The molecule has 0 aliphatic carbocycles. The summed E-state index contributed by atoms with van der Waals surface area (Å²) in [5.41, 5.74) is 7.35. The molecule has 5 nitrogen and oxygen atoms in total. The van der Waals surface area contributed by atoms with E-state index >= 15 is 0 Å². The second-order valence-electron chi connectivity index (χ2n) is 6.08. The van der Waals surface area contributed by atoms with Crippen LogP contribution in [-0.4, -0.2) is 36.0 Å². The minimum absolute atomic E-state index is 0. The van der Waals surface area contributed by atoms with E-state index in [4.69, 9.17) is 10.5 Å². The number of halogens is 1. The van der Waals surface area contributed by atoms with E-state index in [1.54, 1.807) is 7.11 Å². The first-order valence-corrected chi connectivity index (χ1v) is 9.15. The number of nitrogens with zero attached hydrogens (tertiary/aromatic N) is 2. The van der Waals surface area contributed by atoms with Gasteiger partial charge in [0.2, 0.25) is 0 Å². The van der Waals surface area contributed by atoms with Gasteiger partial charge >= 0.3 is 0 Å². The van der Waals surface area contributed by atoms with Crippen molar-refractivity contribution in [2.24, 2.45) is 11.7 Å². The highest BCUT2D eigenvalue weighted by atomic mass is 35.5. The first kappa shape index (κ1) is 19.7. The Balaban J connectivity index is 0.00000225. The molecule has 0 radical (unpaired) electrons. The molecule has 136 valence electrons. The number of hydrogen-bond donors (Lipinski definition) is 1. The third-order valence-electron chi connectivity index (χ3n) is 4.55. The van der Waals surface area contributed by atoms with Gasteiger partial charge in [-0.05, 0) is 36.8 Å². The fourth-order valence-electron chi connectivity index (χ4n) is 3.19. The van der Waals surface area contributed by atoms with Crippen LogP contribution in [-0.2, 0) is 13.0 Å². The molecule has 1 saturated heterocycles. The molecule has 0 bridgehead atoms. The number of likely N-dealkylation sites (tertiary alicyclic amines) is 1. The molecule has 1 fully saturated rings. The second kappa shape index (κ2) is 9.17. The third-order valence-corrected chi connectivity index (χ3v) is 5.42. The van der Waals surface area contributed by atoms with Crippen LogP contribution in [0.25, 0.3) is 0 Å². The van der Waals surface area contributed by atoms with Crippen LogP contribution >= 0.6 is 23.7 Å². The van der Waals surface area contributed by atoms with Gasteiger partial charge in [-0.2, -0.15) is 0 Å². The summed E-state index contributed by atoms with van der Waals surface area (Å²) in [6.07, 6.45) is 3.02. The first-order valence-electron chi connectivity index (χ1n) is 8.27. The van der Waals surface area contributed by atoms with Crippen molar-refractivity contribution >= 4 is 29.7 Å². The van der Waals surface area contributed by atoms with Crippen LogP contribution in [0.3, 0.4) is 0 Å². The number of amides is 1. The number of carbonyl (C=O) groups excluding carboxylic acids is 1. The summed E-state index contributed by atoms with van der Waals surface area (Å²) < 4.78 is 5.44. The monoisotopic (exact) mass is 381 g/mol. The number of para-hydroxylation sites is 1. The van der Waals surface area contributed by atoms with Crippen molar-refractivity contribution in [3.8, 4) is 5.75 Å². The quantitative estimate of drug-likeness (QED) is 0.863. The molecule has 7 heteroatoms. The standard InChI is InChI=1S/C18H23N3O2S.ClH/c1-23-16-5-3-2-4-14(16)10-13-6-8-21(9-7-13)18(22)15-12-24-17(11-19)20-15;/h2-5,12-13H,6-11,19H2,1H3;1H. The summed E-state index contributed by atoms with van der Waals surface area (Å²) in [5.74, 6) is 1.56. The maximum Gasteiger partial charge on any atom is 0.273 e. The predicted octanol–water partition coefficient (Wildman–Crippen LogP) is 3.13. The Kier molecular flexibility index (Phi) is 7.23. The number of aromatic nitrogens is 1. The van der Waals surface area contributed by atoms with Crippen LogP contribution in [0.4, 0.5) is 0 Å². The maximum absolute atomic E-state index is 12.5. The molecule has 0 unspecified atom stereocenters. The fourth-order valence-corrected chi connectivity index (χ4v) is 3.84. The largest absolute Gasteiger partial charge is 0.496 e. The fraction of sp³-hybridized carbons (Fsp3) is 0.444. The number of thiazole rings is 1. The number of hydrogen-bond acceptors (Lipinski definition) is 5. The molecule has 25 heavy (non-hydrogen) atoms. The van der Waals surface area contributed by atoms with E-state index in [0.717, 1.165) is 43.1 Å². The van der Waals surface area contributed by atoms with Crippen LogP contribution < -0.4 is 10.5 Å². The van der Waals surface area contributed by atoms with Crippen LogP contribution in [0, 0.1) is 5.92 Å². The van der Waals surface area contributed by atoms with E-state index in [-0.39, 0.29) is 18.3 Å². The number of rotatable bonds is 5. The van der Waals surface area contributed by atoms with Crippen molar-refractivity contribution in [3.63, 3.8) is 0 Å². The lowest BCUT2D eigenvalue weighted by molar-refractivity contribution is 0.0685. The molecule has 1 aliphatic heterocycles. The van der Waals surface area contributed by atoms with Crippen LogP contribution in [0.2, 0.25) is 0 Å². The topological polar surface area (TPSA) is 68.5 Å². The molecule has 2 heterocycles. The van der Waals surface area contributed by atoms with E-state index in [9.17, 15) is 4.79 Å². The van der Waals surface area contributed by atoms with Crippen LogP contribution in [0.15, 0.2) is 29.6 Å². The van der Waals surface area contributed by atoms with E-state index in [2.05, 4.69) is 11.1 Å². The predicted molar refractivity (Wildman–Crippen MR) is 103 cm³/mol. The SMILES string of the molecule is COc1ccccc1CC1CCN(C(=O)c2csc(CN)n2)CC1.Cl. The van der Waals surface area contributed by atoms with E-state index in [1.807, 2.05) is 28.5 Å². The van der Waals surface area contributed by atoms with Gasteiger partial charge in [-0.25, -0.2) is 4.98 Å². The van der Waals surface area contributed by atoms with Crippen LogP contribution in [0.5, 0.6) is 5.75 Å². The minimum atomic E-state index is 0. The van der Waals surface area contributed by atoms with Gasteiger partial charge in [0, 0.05) is 25.0 Å². The zero-order chi connectivity index (χ0) is 16.9. The molecule has 0 atom stereocenters. The lowest BCUT2D eigenvalue weighted by atomic mass is 9.89. The Morgan fingerprint density at radius 3 is 2.72 bits per heavy atom. The number of benzene rings is 1. The Labute approximate surface area is 158 Å². The number of carbonyl (C=O) groups is 1. The molecule has 1 aromatic heterocycles. The minimum Gasteiger partial charge on any atom is -0.496 e. The Morgan fingerprint density at radius 2 is 2.08 bits per heavy atom. The Morgan fingerprint density at radius 1 is 1.36 bits per heavy atom. The van der Waals surface area contributed by atoms with Crippen molar-refractivity contribution < 1.29 is 9.53 Å². The van der Waals surface area contributed by atoms with Gasteiger partial charge < -0.3 is 15.4 Å². The molecular formula is C18H24ClN3O2S. The zero-order valence-corrected chi connectivity index (χ0v) is 15.9. The van der Waals surface area contributed by atoms with Gasteiger partial charge in [-0.3, -0.25) is 4.79 Å². The number of piperidine rings is 1. The summed E-state index contributed by atoms with van der Waals surface area (Å²) in [5, 5.41) is 2.62. The summed E-state index contributed by atoms with van der Waals surface area (Å²) in [7, 11) is 1.71. The molecular weight excluding hydrogens is 358 g/mol. The van der Waals surface area contributed by atoms with E-state index in [1.165, 1.54) is 16.9 Å². The van der Waals surface area contributed by atoms with Gasteiger partial charge in [0.05, 0.1) is 7.11 Å². The average Bonchev–Trinajstić information content (AvgIpc) is 3.11. The lowest BCUT2D eigenvalue weighted by Crippen LogP contribution is -2.39. The molecule has 2 aromatic rings. The molecule has 3 rings (SSSR count). The number of nitrogens with two attached hydrogens (primary N) is 1. The highest BCUT2D eigenvalue weighted by molar-refractivity contribution is 7.09. The average molecular weight is 382 g/mol. The van der Waals surface area contributed by atoms with Crippen molar-refractivity contribution in [2.45, 2.75) is 25.8 Å². The van der Waals surface area contributed by atoms with Gasteiger partial charge in [0.15, 0.2) is 0 Å². The maximum atomic E-state index is 12.5. The van der Waals surface area contributed by atoms with E-state index < -0.39 is 0 Å². The van der Waals surface area contributed by atoms with Crippen molar-refractivity contribution in [1.29, 1.82) is 0 Å². The molecule has 0 saturated carbocycles. The van der Waals surface area contributed by atoms with Gasteiger partial charge in [-0.1, -0.05) is 18.2 Å².